The van der Waals surface area contributed by atoms with Crippen molar-refractivity contribution in [2.24, 2.45) is 0 Å². The molecule has 0 amide bonds. The van der Waals surface area contributed by atoms with Crippen LogP contribution in [0.4, 0.5) is 0 Å². The lowest BCUT2D eigenvalue weighted by Gasteiger charge is -2.17. The van der Waals surface area contributed by atoms with Gasteiger partial charge in [0.15, 0.2) is 11.5 Å². The highest BCUT2D eigenvalue weighted by Gasteiger charge is 2.13. The predicted octanol–water partition coefficient (Wildman–Crippen LogP) is 3.25. The standard InChI is InChI=1S/C13H20ClNO2/c1-5-16-12-7-10(8-15-4)6-11(14)13(12)17-9(2)3/h6-7,9,15H,5,8H2,1-4H3. The molecule has 0 radical (unpaired) electrons. The lowest BCUT2D eigenvalue weighted by atomic mass is 10.2. The quantitative estimate of drug-likeness (QED) is 0.849. The van der Waals surface area contributed by atoms with Crippen LogP contribution in [0, 0.1) is 0 Å². The maximum absolute atomic E-state index is 6.22. The summed E-state index contributed by atoms with van der Waals surface area (Å²) in [5.41, 5.74) is 1.08. The maximum atomic E-state index is 6.22. The smallest absolute Gasteiger partial charge is 0.180 e. The first-order chi connectivity index (χ1) is 8.08. The van der Waals surface area contributed by atoms with E-state index < -0.39 is 0 Å². The van der Waals surface area contributed by atoms with Gasteiger partial charge in [-0.25, -0.2) is 0 Å². The molecule has 1 rings (SSSR count). The Balaban J connectivity index is 3.08. The van der Waals surface area contributed by atoms with Crippen molar-refractivity contribution in [2.75, 3.05) is 13.7 Å². The number of halogens is 1. The third-order valence-electron chi connectivity index (χ3n) is 2.10. The summed E-state index contributed by atoms with van der Waals surface area (Å²) in [5, 5.41) is 3.68. The Hall–Kier alpha value is -0.930. The van der Waals surface area contributed by atoms with Gasteiger partial charge in [-0.3, -0.25) is 0 Å². The van der Waals surface area contributed by atoms with E-state index in [0.29, 0.717) is 23.1 Å². The van der Waals surface area contributed by atoms with Gasteiger partial charge >= 0.3 is 0 Å². The highest BCUT2D eigenvalue weighted by molar-refractivity contribution is 6.32. The molecule has 1 N–H and O–H groups in total. The van der Waals surface area contributed by atoms with Crippen LogP contribution < -0.4 is 14.8 Å². The summed E-state index contributed by atoms with van der Waals surface area (Å²) in [4.78, 5) is 0. The van der Waals surface area contributed by atoms with Crippen LogP contribution in [0.3, 0.4) is 0 Å². The van der Waals surface area contributed by atoms with Crippen molar-refractivity contribution in [3.8, 4) is 11.5 Å². The van der Waals surface area contributed by atoms with Gasteiger partial charge in [-0.05, 0) is 45.5 Å². The molecule has 1 aromatic carbocycles. The third-order valence-corrected chi connectivity index (χ3v) is 2.38. The molecule has 3 nitrogen and oxygen atoms in total. The third kappa shape index (κ3) is 4.10. The molecule has 0 saturated heterocycles. The first kappa shape index (κ1) is 14.1. The zero-order valence-electron chi connectivity index (χ0n) is 10.8. The molecule has 0 fully saturated rings. The molecule has 0 heterocycles. The molecule has 0 aliphatic carbocycles. The SMILES string of the molecule is CCOc1cc(CNC)cc(Cl)c1OC(C)C. The van der Waals surface area contributed by atoms with Gasteiger partial charge in [0.1, 0.15) is 0 Å². The zero-order chi connectivity index (χ0) is 12.8. The average molecular weight is 258 g/mol. The number of benzene rings is 1. The first-order valence-corrected chi connectivity index (χ1v) is 6.22. The Kier molecular flexibility index (Phi) is 5.59. The minimum atomic E-state index is 0.0712. The van der Waals surface area contributed by atoms with Crippen molar-refractivity contribution < 1.29 is 9.47 Å². The fourth-order valence-corrected chi connectivity index (χ4v) is 1.82. The minimum absolute atomic E-state index is 0.0712. The Morgan fingerprint density at radius 3 is 2.59 bits per heavy atom. The van der Waals surface area contributed by atoms with Gasteiger partial charge in [0.05, 0.1) is 17.7 Å². The number of hydrogen-bond acceptors (Lipinski definition) is 3. The molecule has 0 atom stereocenters. The molecule has 1 aromatic rings. The molecule has 0 saturated carbocycles. The number of ether oxygens (including phenoxy) is 2. The predicted molar refractivity (Wildman–Crippen MR) is 71.1 cm³/mol. The Labute approximate surface area is 108 Å². The van der Waals surface area contributed by atoms with Crippen molar-refractivity contribution in [2.45, 2.75) is 33.4 Å². The Morgan fingerprint density at radius 2 is 2.06 bits per heavy atom. The second-order valence-corrected chi connectivity index (χ2v) is 4.44. The minimum Gasteiger partial charge on any atom is -0.490 e. The first-order valence-electron chi connectivity index (χ1n) is 5.85. The Morgan fingerprint density at radius 1 is 1.35 bits per heavy atom. The summed E-state index contributed by atoms with van der Waals surface area (Å²) < 4.78 is 11.3. The highest BCUT2D eigenvalue weighted by Crippen LogP contribution is 2.37. The fourth-order valence-electron chi connectivity index (χ4n) is 1.54. The van der Waals surface area contributed by atoms with Gasteiger partial charge in [0.2, 0.25) is 0 Å². The topological polar surface area (TPSA) is 30.5 Å². The lowest BCUT2D eigenvalue weighted by Crippen LogP contribution is -2.10. The van der Waals surface area contributed by atoms with Gasteiger partial charge in [-0.2, -0.15) is 0 Å². The number of hydrogen-bond donors (Lipinski definition) is 1. The van der Waals surface area contributed by atoms with Crippen LogP contribution in [0.15, 0.2) is 12.1 Å². The van der Waals surface area contributed by atoms with Crippen LogP contribution in [0.2, 0.25) is 5.02 Å². The van der Waals surface area contributed by atoms with E-state index in [9.17, 15) is 0 Å². The number of nitrogens with one attached hydrogen (secondary N) is 1. The highest BCUT2D eigenvalue weighted by atomic mass is 35.5. The van der Waals surface area contributed by atoms with Crippen molar-refractivity contribution in [3.05, 3.63) is 22.7 Å². The molecule has 0 aliphatic heterocycles. The summed E-state index contributed by atoms with van der Waals surface area (Å²) in [5.74, 6) is 1.34. The van der Waals surface area contributed by atoms with Crippen LogP contribution in [0.5, 0.6) is 11.5 Å². The van der Waals surface area contributed by atoms with Crippen molar-refractivity contribution in [1.29, 1.82) is 0 Å². The summed E-state index contributed by atoms with van der Waals surface area (Å²) in [7, 11) is 1.90. The zero-order valence-corrected chi connectivity index (χ0v) is 11.6. The van der Waals surface area contributed by atoms with E-state index in [1.807, 2.05) is 40.0 Å². The molecule has 4 heteroatoms. The molecule has 0 aromatic heterocycles. The van der Waals surface area contributed by atoms with Crippen molar-refractivity contribution in [1.82, 2.24) is 5.32 Å². The number of rotatable bonds is 6. The summed E-state index contributed by atoms with van der Waals surface area (Å²) >= 11 is 6.22. The molecule has 0 bridgehead atoms. The van der Waals surface area contributed by atoms with E-state index >= 15 is 0 Å². The van der Waals surface area contributed by atoms with Crippen LogP contribution in [0.25, 0.3) is 0 Å². The molecular formula is C13H20ClNO2. The van der Waals surface area contributed by atoms with Crippen molar-refractivity contribution in [3.63, 3.8) is 0 Å². The fraction of sp³-hybridized carbons (Fsp3) is 0.538. The molecule has 0 spiro atoms. The van der Waals surface area contributed by atoms with E-state index in [4.69, 9.17) is 21.1 Å². The molecule has 0 aliphatic rings. The van der Waals surface area contributed by atoms with Crippen LogP contribution in [-0.4, -0.2) is 19.8 Å². The Bertz CT molecular complexity index is 367. The maximum Gasteiger partial charge on any atom is 0.180 e. The summed E-state index contributed by atoms with van der Waals surface area (Å²) in [6.45, 7) is 7.22. The summed E-state index contributed by atoms with van der Waals surface area (Å²) in [6, 6.07) is 3.86. The lowest BCUT2D eigenvalue weighted by molar-refractivity contribution is 0.224. The average Bonchev–Trinajstić information content (AvgIpc) is 2.23. The second-order valence-electron chi connectivity index (χ2n) is 4.03. The van der Waals surface area contributed by atoms with Crippen LogP contribution in [0.1, 0.15) is 26.3 Å². The molecular weight excluding hydrogens is 238 g/mol. The largest absolute Gasteiger partial charge is 0.490 e. The van der Waals surface area contributed by atoms with Gasteiger partial charge in [0.25, 0.3) is 0 Å². The molecule has 96 valence electrons. The second kappa shape index (κ2) is 6.72. The van der Waals surface area contributed by atoms with Gasteiger partial charge in [0, 0.05) is 6.54 Å². The molecule has 0 unspecified atom stereocenters. The normalized spacial score (nSPS) is 10.7. The van der Waals surface area contributed by atoms with E-state index in [-0.39, 0.29) is 6.10 Å². The van der Waals surface area contributed by atoms with Crippen molar-refractivity contribution >= 4 is 11.6 Å². The van der Waals surface area contributed by atoms with Gasteiger partial charge in [-0.15, -0.1) is 0 Å². The van der Waals surface area contributed by atoms with E-state index in [1.165, 1.54) is 0 Å². The van der Waals surface area contributed by atoms with Gasteiger partial charge in [-0.1, -0.05) is 11.6 Å². The van der Waals surface area contributed by atoms with E-state index in [2.05, 4.69) is 5.32 Å². The monoisotopic (exact) mass is 257 g/mol. The summed E-state index contributed by atoms with van der Waals surface area (Å²) in [6.07, 6.45) is 0.0712. The van der Waals surface area contributed by atoms with Gasteiger partial charge < -0.3 is 14.8 Å². The molecule has 17 heavy (non-hydrogen) atoms. The van der Waals surface area contributed by atoms with E-state index in [1.54, 1.807) is 0 Å². The van der Waals surface area contributed by atoms with Crippen LogP contribution >= 0.6 is 11.6 Å². The van der Waals surface area contributed by atoms with Crippen LogP contribution in [-0.2, 0) is 6.54 Å². The van der Waals surface area contributed by atoms with E-state index in [0.717, 1.165) is 12.1 Å².